The van der Waals surface area contributed by atoms with Crippen molar-refractivity contribution in [1.82, 2.24) is 5.32 Å². The first-order valence-electron chi connectivity index (χ1n) is 8.33. The standard InChI is InChI=1S/C19H22N2O5S/c1-4-19(3,18(23)24)20-17(22)14-6-5-7-16(12-14)27(25,26)21-15-10-8-13(2)9-11-15/h5-12,21H,4H2,1-3H3,(H,20,22)(H,23,24). The number of benzene rings is 2. The molecule has 0 radical (unpaired) electrons. The van der Waals surface area contributed by atoms with Crippen LogP contribution in [-0.2, 0) is 14.8 Å². The van der Waals surface area contributed by atoms with Gasteiger partial charge in [-0.05, 0) is 50.6 Å². The number of amides is 1. The van der Waals surface area contributed by atoms with Crippen LogP contribution in [0.15, 0.2) is 53.4 Å². The molecule has 2 aromatic rings. The zero-order chi connectivity index (χ0) is 20.2. The molecule has 0 aliphatic rings. The molecule has 2 rings (SSSR count). The highest BCUT2D eigenvalue weighted by molar-refractivity contribution is 7.92. The van der Waals surface area contributed by atoms with E-state index >= 15 is 0 Å². The molecule has 1 unspecified atom stereocenters. The predicted octanol–water partition coefficient (Wildman–Crippen LogP) is 2.78. The number of anilines is 1. The smallest absolute Gasteiger partial charge is 0.329 e. The number of carbonyl (C=O) groups excluding carboxylic acids is 1. The lowest BCUT2D eigenvalue weighted by molar-refractivity contribution is -0.143. The van der Waals surface area contributed by atoms with Gasteiger partial charge in [-0.3, -0.25) is 9.52 Å². The van der Waals surface area contributed by atoms with E-state index in [1.54, 1.807) is 31.2 Å². The van der Waals surface area contributed by atoms with E-state index in [0.29, 0.717) is 5.69 Å². The summed E-state index contributed by atoms with van der Waals surface area (Å²) >= 11 is 0. The third kappa shape index (κ3) is 4.85. The van der Waals surface area contributed by atoms with Gasteiger partial charge in [-0.2, -0.15) is 0 Å². The number of carboxylic acids is 1. The van der Waals surface area contributed by atoms with Crippen LogP contribution in [0.2, 0.25) is 0 Å². The van der Waals surface area contributed by atoms with Gasteiger partial charge in [-0.15, -0.1) is 0 Å². The van der Waals surface area contributed by atoms with Crippen LogP contribution in [0, 0.1) is 6.92 Å². The minimum Gasteiger partial charge on any atom is -0.480 e. The molecule has 0 aliphatic heterocycles. The molecule has 0 saturated heterocycles. The zero-order valence-corrected chi connectivity index (χ0v) is 16.1. The third-order valence-corrected chi connectivity index (χ3v) is 5.66. The molecule has 1 atom stereocenters. The van der Waals surface area contributed by atoms with Gasteiger partial charge in [0.1, 0.15) is 5.54 Å². The molecule has 144 valence electrons. The largest absolute Gasteiger partial charge is 0.480 e. The number of hydrogen-bond acceptors (Lipinski definition) is 4. The SMILES string of the molecule is CCC(C)(NC(=O)c1cccc(S(=O)(=O)Nc2ccc(C)cc2)c1)C(=O)O. The first-order valence-corrected chi connectivity index (χ1v) is 9.81. The molecule has 0 heterocycles. The lowest BCUT2D eigenvalue weighted by Crippen LogP contribution is -2.51. The van der Waals surface area contributed by atoms with E-state index in [-0.39, 0.29) is 16.9 Å². The number of carboxylic acid groups (broad SMARTS) is 1. The molecule has 3 N–H and O–H groups in total. The fourth-order valence-electron chi connectivity index (χ4n) is 2.26. The van der Waals surface area contributed by atoms with Crippen molar-refractivity contribution in [3.8, 4) is 0 Å². The summed E-state index contributed by atoms with van der Waals surface area (Å²) in [5.74, 6) is -1.82. The maximum atomic E-state index is 12.6. The molecular formula is C19H22N2O5S. The second kappa shape index (κ2) is 7.79. The lowest BCUT2D eigenvalue weighted by atomic mass is 9.98. The van der Waals surface area contributed by atoms with Crippen LogP contribution < -0.4 is 10.0 Å². The number of hydrogen-bond donors (Lipinski definition) is 3. The van der Waals surface area contributed by atoms with E-state index < -0.39 is 27.4 Å². The van der Waals surface area contributed by atoms with Gasteiger partial charge in [0.05, 0.1) is 4.90 Å². The Morgan fingerprint density at radius 1 is 1.11 bits per heavy atom. The number of carbonyl (C=O) groups is 2. The Morgan fingerprint density at radius 2 is 1.74 bits per heavy atom. The van der Waals surface area contributed by atoms with Crippen LogP contribution in [-0.4, -0.2) is 30.9 Å². The summed E-state index contributed by atoms with van der Waals surface area (Å²) in [7, 11) is -3.89. The molecule has 0 aliphatic carbocycles. The van der Waals surface area contributed by atoms with Crippen LogP contribution in [0.4, 0.5) is 5.69 Å². The van der Waals surface area contributed by atoms with Crippen LogP contribution in [0.5, 0.6) is 0 Å². The summed E-state index contributed by atoms with van der Waals surface area (Å²) in [6, 6.07) is 12.3. The Bertz CT molecular complexity index is 954. The second-order valence-electron chi connectivity index (χ2n) is 6.44. The first kappa shape index (κ1) is 20.4. The van der Waals surface area contributed by atoms with Gasteiger partial charge in [0.2, 0.25) is 0 Å². The molecular weight excluding hydrogens is 368 g/mol. The van der Waals surface area contributed by atoms with E-state index in [1.165, 1.54) is 31.2 Å². The number of aryl methyl sites for hydroxylation is 1. The van der Waals surface area contributed by atoms with Gasteiger partial charge in [0.25, 0.3) is 15.9 Å². The minimum absolute atomic E-state index is 0.0581. The number of aliphatic carboxylic acids is 1. The molecule has 7 nitrogen and oxygen atoms in total. The normalized spacial score (nSPS) is 13.4. The monoisotopic (exact) mass is 390 g/mol. The summed E-state index contributed by atoms with van der Waals surface area (Å²) < 4.78 is 27.6. The molecule has 0 saturated carbocycles. The predicted molar refractivity (Wildman–Crippen MR) is 102 cm³/mol. The Morgan fingerprint density at radius 3 is 2.30 bits per heavy atom. The van der Waals surface area contributed by atoms with Crippen molar-refractivity contribution in [1.29, 1.82) is 0 Å². The van der Waals surface area contributed by atoms with Crippen molar-refractivity contribution < 1.29 is 23.1 Å². The number of rotatable bonds is 7. The summed E-state index contributed by atoms with van der Waals surface area (Å²) in [6.07, 6.45) is 0.182. The fourth-order valence-corrected chi connectivity index (χ4v) is 3.36. The fraction of sp³-hybridized carbons (Fsp3) is 0.263. The van der Waals surface area contributed by atoms with E-state index in [0.717, 1.165) is 5.56 Å². The highest BCUT2D eigenvalue weighted by Gasteiger charge is 2.33. The van der Waals surface area contributed by atoms with Crippen molar-refractivity contribution in [2.45, 2.75) is 37.6 Å². The third-order valence-electron chi connectivity index (χ3n) is 4.28. The van der Waals surface area contributed by atoms with Crippen molar-refractivity contribution in [2.75, 3.05) is 4.72 Å². The van der Waals surface area contributed by atoms with Crippen LogP contribution in [0.25, 0.3) is 0 Å². The maximum Gasteiger partial charge on any atom is 0.329 e. The van der Waals surface area contributed by atoms with E-state index in [4.69, 9.17) is 0 Å². The molecule has 1 amide bonds. The average Bonchev–Trinajstić information content (AvgIpc) is 2.63. The van der Waals surface area contributed by atoms with E-state index in [9.17, 15) is 23.1 Å². The van der Waals surface area contributed by atoms with E-state index in [1.807, 2.05) is 6.92 Å². The molecule has 0 fully saturated rings. The quantitative estimate of drug-likeness (QED) is 0.673. The van der Waals surface area contributed by atoms with Gasteiger partial charge in [0.15, 0.2) is 0 Å². The van der Waals surface area contributed by atoms with Gasteiger partial charge in [-0.25, -0.2) is 13.2 Å². The second-order valence-corrected chi connectivity index (χ2v) is 8.13. The lowest BCUT2D eigenvalue weighted by Gasteiger charge is -2.24. The van der Waals surface area contributed by atoms with Crippen molar-refractivity contribution in [3.63, 3.8) is 0 Å². The Balaban J connectivity index is 2.27. The van der Waals surface area contributed by atoms with Gasteiger partial charge >= 0.3 is 5.97 Å². The molecule has 0 bridgehead atoms. The average molecular weight is 390 g/mol. The van der Waals surface area contributed by atoms with Crippen molar-refractivity contribution in [2.24, 2.45) is 0 Å². The number of sulfonamides is 1. The van der Waals surface area contributed by atoms with Gasteiger partial charge in [-0.1, -0.05) is 30.7 Å². The molecule has 0 aromatic heterocycles. The highest BCUT2D eigenvalue weighted by atomic mass is 32.2. The molecule has 8 heteroatoms. The minimum atomic E-state index is -3.89. The van der Waals surface area contributed by atoms with Crippen molar-refractivity contribution in [3.05, 3.63) is 59.7 Å². The zero-order valence-electron chi connectivity index (χ0n) is 15.3. The summed E-state index contributed by atoms with van der Waals surface area (Å²) in [4.78, 5) is 23.7. The molecule has 0 spiro atoms. The Labute approximate surface area is 158 Å². The number of nitrogens with one attached hydrogen (secondary N) is 2. The van der Waals surface area contributed by atoms with E-state index in [2.05, 4.69) is 10.0 Å². The summed E-state index contributed by atoms with van der Waals surface area (Å²) in [5, 5.41) is 11.7. The summed E-state index contributed by atoms with van der Waals surface area (Å²) in [6.45, 7) is 4.93. The van der Waals surface area contributed by atoms with Crippen molar-refractivity contribution >= 4 is 27.6 Å². The first-order chi connectivity index (χ1) is 12.6. The maximum absolute atomic E-state index is 12.6. The highest BCUT2D eigenvalue weighted by Crippen LogP contribution is 2.18. The van der Waals surface area contributed by atoms with Crippen LogP contribution in [0.1, 0.15) is 36.2 Å². The van der Waals surface area contributed by atoms with Gasteiger partial charge in [0, 0.05) is 11.3 Å². The molecule has 2 aromatic carbocycles. The topological polar surface area (TPSA) is 113 Å². The molecule has 27 heavy (non-hydrogen) atoms. The summed E-state index contributed by atoms with van der Waals surface area (Å²) in [5.41, 5.74) is 0.0168. The Hall–Kier alpha value is -2.87. The van der Waals surface area contributed by atoms with Crippen LogP contribution in [0.3, 0.4) is 0 Å². The van der Waals surface area contributed by atoms with Crippen LogP contribution >= 0.6 is 0 Å². The Kier molecular flexibility index (Phi) is 5.90. The van der Waals surface area contributed by atoms with Gasteiger partial charge < -0.3 is 10.4 Å².